The number of hydrogen-bond donors (Lipinski definition) is 1. The van der Waals surface area contributed by atoms with Crippen molar-refractivity contribution in [1.82, 2.24) is 29.1 Å². The van der Waals surface area contributed by atoms with Crippen molar-refractivity contribution in [3.8, 4) is 0 Å². The summed E-state index contributed by atoms with van der Waals surface area (Å²) in [6.45, 7) is 9.54. The smallest absolute Gasteiger partial charge is 0.278 e. The third-order valence-electron chi connectivity index (χ3n) is 5.24. The first kappa shape index (κ1) is 24.7. The van der Waals surface area contributed by atoms with Gasteiger partial charge in [0.2, 0.25) is 0 Å². The Labute approximate surface area is 178 Å². The number of nitrogens with one attached hydrogen (secondary N) is 1. The van der Waals surface area contributed by atoms with Crippen LogP contribution in [0.2, 0.25) is 0 Å². The van der Waals surface area contributed by atoms with Gasteiger partial charge in [-0.15, -0.1) is 0 Å². The number of imidazole rings is 1. The molecule has 1 fully saturated rings. The van der Waals surface area contributed by atoms with Gasteiger partial charge < -0.3 is 14.2 Å². The Balaban J connectivity index is 0.00000320. The lowest BCUT2D eigenvalue weighted by molar-refractivity contribution is -0.136. The molecule has 0 bridgehead atoms. The molecular formula is C19H35N6O4P. The standard InChI is InChI=1S/C18H31N6O4P.CH4/c1-12(2)23-7-14(9-27-29(26,13(3)4)22(5)6)28-15(8-23)24-11-21-16-17(24)19-10-20-18(16)25;/h10-15H,7-9H2,1-6H3,(H,19,20,25);1H4/t14-,15+,29?;/m0./s1. The first-order chi connectivity index (χ1) is 13.6. The quantitative estimate of drug-likeness (QED) is 0.652. The Hall–Kier alpha value is -1.58. The van der Waals surface area contributed by atoms with E-state index < -0.39 is 7.52 Å². The highest BCUT2D eigenvalue weighted by Gasteiger charge is 2.36. The molecule has 3 atom stereocenters. The van der Waals surface area contributed by atoms with Crippen LogP contribution in [0, 0.1) is 0 Å². The summed E-state index contributed by atoms with van der Waals surface area (Å²) in [6.07, 6.45) is 2.29. The fraction of sp³-hybridized carbons (Fsp3) is 0.737. The predicted octanol–water partition coefficient (Wildman–Crippen LogP) is 2.54. The largest absolute Gasteiger partial charge is 0.350 e. The maximum absolute atomic E-state index is 13.2. The van der Waals surface area contributed by atoms with Crippen LogP contribution in [0.3, 0.4) is 0 Å². The van der Waals surface area contributed by atoms with Gasteiger partial charge in [-0.05, 0) is 27.9 Å². The van der Waals surface area contributed by atoms with Crippen molar-refractivity contribution in [2.75, 3.05) is 33.8 Å². The van der Waals surface area contributed by atoms with Crippen LogP contribution in [0.1, 0.15) is 41.3 Å². The summed E-state index contributed by atoms with van der Waals surface area (Å²) in [5.74, 6) is 0. The van der Waals surface area contributed by atoms with E-state index in [2.05, 4.69) is 33.7 Å². The van der Waals surface area contributed by atoms with Gasteiger partial charge in [-0.3, -0.25) is 18.8 Å². The Bertz CT molecular complexity index is 928. The first-order valence-corrected chi connectivity index (χ1v) is 11.5. The van der Waals surface area contributed by atoms with Crippen LogP contribution in [0.5, 0.6) is 0 Å². The highest BCUT2D eigenvalue weighted by atomic mass is 31.2. The second-order valence-corrected chi connectivity index (χ2v) is 11.3. The van der Waals surface area contributed by atoms with E-state index in [-0.39, 0.29) is 43.1 Å². The number of rotatable bonds is 7. The zero-order chi connectivity index (χ0) is 21.3. The molecule has 1 aliphatic rings. The number of fused-ring (bicyclic) bond motifs is 1. The lowest BCUT2D eigenvalue weighted by Gasteiger charge is -2.41. The van der Waals surface area contributed by atoms with Gasteiger partial charge in [0, 0.05) is 24.8 Å². The monoisotopic (exact) mass is 442 g/mol. The minimum atomic E-state index is -2.94. The average Bonchev–Trinajstić information content (AvgIpc) is 3.11. The Morgan fingerprint density at radius 3 is 2.60 bits per heavy atom. The SMILES string of the molecule is C.CC(C)N1C[C@@H](COP(=O)(C(C)C)N(C)C)O[C@@H](n2cnc3c(=O)[nH]cnc32)C1. The van der Waals surface area contributed by atoms with Crippen LogP contribution in [-0.4, -0.2) is 80.7 Å². The van der Waals surface area contributed by atoms with Crippen LogP contribution in [-0.2, 0) is 13.8 Å². The van der Waals surface area contributed by atoms with Crippen LogP contribution in [0.15, 0.2) is 17.4 Å². The van der Waals surface area contributed by atoms with Crippen molar-refractivity contribution in [1.29, 1.82) is 0 Å². The summed E-state index contributed by atoms with van der Waals surface area (Å²) in [5.41, 5.74) is 0.355. The van der Waals surface area contributed by atoms with Crippen molar-refractivity contribution in [3.63, 3.8) is 0 Å². The lowest BCUT2D eigenvalue weighted by Crippen LogP contribution is -2.50. The third-order valence-corrected chi connectivity index (χ3v) is 8.18. The Morgan fingerprint density at radius 1 is 1.30 bits per heavy atom. The van der Waals surface area contributed by atoms with Gasteiger partial charge in [-0.25, -0.2) is 14.6 Å². The molecule has 2 aromatic rings. The minimum absolute atomic E-state index is 0. The van der Waals surface area contributed by atoms with Crippen LogP contribution < -0.4 is 5.56 Å². The summed E-state index contributed by atoms with van der Waals surface area (Å²) in [5, 5.41) is 0. The number of H-pyrrole nitrogens is 1. The fourth-order valence-electron chi connectivity index (χ4n) is 3.50. The summed E-state index contributed by atoms with van der Waals surface area (Å²) >= 11 is 0. The average molecular weight is 443 g/mol. The highest BCUT2D eigenvalue weighted by Crippen LogP contribution is 2.53. The molecule has 30 heavy (non-hydrogen) atoms. The molecule has 1 saturated heterocycles. The Kier molecular flexibility index (Phi) is 7.98. The van der Waals surface area contributed by atoms with E-state index in [4.69, 9.17) is 9.26 Å². The van der Waals surface area contributed by atoms with Gasteiger partial charge in [-0.1, -0.05) is 21.3 Å². The summed E-state index contributed by atoms with van der Waals surface area (Å²) < 4.78 is 28.8. The van der Waals surface area contributed by atoms with E-state index in [1.165, 1.54) is 6.33 Å². The van der Waals surface area contributed by atoms with Gasteiger partial charge in [0.25, 0.3) is 13.1 Å². The number of aromatic nitrogens is 4. The molecule has 0 aromatic carbocycles. The van der Waals surface area contributed by atoms with Gasteiger partial charge in [0.05, 0.1) is 25.4 Å². The normalized spacial score (nSPS) is 22.6. The van der Waals surface area contributed by atoms with E-state index in [1.807, 2.05) is 13.8 Å². The lowest BCUT2D eigenvalue weighted by atomic mass is 10.2. The zero-order valence-electron chi connectivity index (χ0n) is 17.9. The summed E-state index contributed by atoms with van der Waals surface area (Å²) in [6, 6.07) is 0.292. The van der Waals surface area contributed by atoms with Gasteiger partial charge in [0.15, 0.2) is 11.2 Å². The molecular weight excluding hydrogens is 407 g/mol. The molecule has 0 saturated carbocycles. The molecule has 3 rings (SSSR count). The van der Waals surface area contributed by atoms with E-state index in [1.54, 1.807) is 29.7 Å². The van der Waals surface area contributed by atoms with E-state index in [0.29, 0.717) is 24.8 Å². The molecule has 3 heterocycles. The molecule has 0 amide bonds. The number of aromatic amines is 1. The molecule has 1 N–H and O–H groups in total. The molecule has 2 aromatic heterocycles. The first-order valence-electron chi connectivity index (χ1n) is 9.85. The predicted molar refractivity (Wildman–Crippen MR) is 118 cm³/mol. The van der Waals surface area contributed by atoms with Gasteiger partial charge in [0.1, 0.15) is 6.23 Å². The molecule has 0 aliphatic carbocycles. The van der Waals surface area contributed by atoms with E-state index >= 15 is 0 Å². The molecule has 0 spiro atoms. The van der Waals surface area contributed by atoms with E-state index in [9.17, 15) is 9.36 Å². The summed E-state index contributed by atoms with van der Waals surface area (Å²) in [4.78, 5) is 25.2. The second kappa shape index (κ2) is 9.70. The van der Waals surface area contributed by atoms with Crippen molar-refractivity contribution >= 4 is 18.7 Å². The van der Waals surface area contributed by atoms with Crippen LogP contribution in [0.4, 0.5) is 0 Å². The minimum Gasteiger partial charge on any atom is -0.350 e. The summed E-state index contributed by atoms with van der Waals surface area (Å²) in [7, 11) is 0.600. The molecule has 11 heteroatoms. The van der Waals surface area contributed by atoms with Gasteiger partial charge in [-0.2, -0.15) is 0 Å². The molecule has 170 valence electrons. The number of nitrogens with zero attached hydrogens (tertiary/aromatic N) is 5. The van der Waals surface area contributed by atoms with Crippen molar-refractivity contribution in [3.05, 3.63) is 23.0 Å². The number of ether oxygens (including phenoxy) is 1. The molecule has 0 radical (unpaired) electrons. The zero-order valence-corrected chi connectivity index (χ0v) is 18.8. The second-order valence-electron chi connectivity index (χ2n) is 8.12. The number of morpholine rings is 1. The van der Waals surface area contributed by atoms with Crippen LogP contribution >= 0.6 is 7.52 Å². The highest BCUT2D eigenvalue weighted by molar-refractivity contribution is 7.57. The molecule has 1 aliphatic heterocycles. The van der Waals surface area contributed by atoms with Crippen molar-refractivity contribution < 1.29 is 13.8 Å². The van der Waals surface area contributed by atoms with E-state index in [0.717, 1.165) is 0 Å². The maximum atomic E-state index is 13.2. The molecule has 1 unspecified atom stereocenters. The Morgan fingerprint density at radius 2 is 2.00 bits per heavy atom. The maximum Gasteiger partial charge on any atom is 0.278 e. The topological polar surface area (TPSA) is 106 Å². The van der Waals surface area contributed by atoms with Crippen LogP contribution in [0.25, 0.3) is 11.2 Å². The molecule has 10 nitrogen and oxygen atoms in total. The van der Waals surface area contributed by atoms with Gasteiger partial charge >= 0.3 is 0 Å². The van der Waals surface area contributed by atoms with Crippen molar-refractivity contribution in [2.45, 2.75) is 59.2 Å². The third kappa shape index (κ3) is 4.84. The van der Waals surface area contributed by atoms with Crippen molar-refractivity contribution in [2.24, 2.45) is 0 Å². The number of hydrogen-bond acceptors (Lipinski definition) is 7. The fourth-order valence-corrected chi connectivity index (χ4v) is 5.33.